The number of benzene rings is 1. The third-order valence-electron chi connectivity index (χ3n) is 3.53. The quantitative estimate of drug-likeness (QED) is 0.457. The molecule has 118 valence electrons. The zero-order chi connectivity index (χ0) is 16.2. The van der Waals surface area contributed by atoms with Crippen molar-refractivity contribution in [3.63, 3.8) is 0 Å². The zero-order valence-corrected chi connectivity index (χ0v) is 12.8. The number of halogens is 1. The topological polar surface area (TPSA) is 92.1 Å². The largest absolute Gasteiger partial charge is 0.376 e. The van der Waals surface area contributed by atoms with Crippen LogP contribution in [-0.2, 0) is 14.6 Å². The zero-order valence-electron chi connectivity index (χ0n) is 12.0. The van der Waals surface area contributed by atoms with Gasteiger partial charge in [0, 0.05) is 12.0 Å². The van der Waals surface area contributed by atoms with Crippen LogP contribution < -0.4 is 0 Å². The third kappa shape index (κ3) is 3.65. The van der Waals surface area contributed by atoms with E-state index in [0.29, 0.717) is 5.56 Å². The molecule has 0 radical (unpaired) electrons. The lowest BCUT2D eigenvalue weighted by atomic mass is 9.99. The number of hydrogen-bond donors (Lipinski definition) is 0. The van der Waals surface area contributed by atoms with Crippen LogP contribution in [0.1, 0.15) is 17.2 Å². The number of ether oxygens (including phenoxy) is 1. The number of sulfone groups is 1. The number of hydrogen-bond acceptors (Lipinski definition) is 4. The standard InChI is InChI=1S/C14H16FN3O3S/c1-21-14(13(8-15)17-18-16)11-4-2-10(3-5-11)12-6-7-22(19,20)9-12/h2-6,13-14H,7-9H2,1H3/t13-,14-/m1/s1. The first-order chi connectivity index (χ1) is 10.5. The van der Waals surface area contributed by atoms with Crippen molar-refractivity contribution in [1.82, 2.24) is 0 Å². The molecule has 0 aromatic heterocycles. The second-order valence-electron chi connectivity index (χ2n) is 4.99. The Hall–Kier alpha value is -1.89. The van der Waals surface area contributed by atoms with Gasteiger partial charge < -0.3 is 4.74 Å². The summed E-state index contributed by atoms with van der Waals surface area (Å²) in [5.74, 6) is 0.0947. The summed E-state index contributed by atoms with van der Waals surface area (Å²) >= 11 is 0. The van der Waals surface area contributed by atoms with Crippen molar-refractivity contribution >= 4 is 15.4 Å². The van der Waals surface area contributed by atoms with E-state index in [1.807, 2.05) is 0 Å². The van der Waals surface area contributed by atoms with Gasteiger partial charge in [-0.05, 0) is 22.2 Å². The molecule has 8 heteroatoms. The lowest BCUT2D eigenvalue weighted by Crippen LogP contribution is -2.20. The number of methoxy groups -OCH3 is 1. The first-order valence-corrected chi connectivity index (χ1v) is 8.45. The van der Waals surface area contributed by atoms with E-state index >= 15 is 0 Å². The summed E-state index contributed by atoms with van der Waals surface area (Å²) in [6.45, 7) is -0.826. The number of alkyl halides is 1. The molecule has 0 saturated heterocycles. The van der Waals surface area contributed by atoms with Gasteiger partial charge in [0.2, 0.25) is 0 Å². The van der Waals surface area contributed by atoms with Gasteiger partial charge in [-0.25, -0.2) is 8.42 Å². The predicted octanol–water partition coefficient (Wildman–Crippen LogP) is 2.83. The summed E-state index contributed by atoms with van der Waals surface area (Å²) in [5.41, 5.74) is 10.7. The van der Waals surface area contributed by atoms with Crippen molar-refractivity contribution in [3.05, 3.63) is 51.9 Å². The van der Waals surface area contributed by atoms with Crippen molar-refractivity contribution in [3.8, 4) is 0 Å². The maximum absolute atomic E-state index is 13.0. The van der Waals surface area contributed by atoms with E-state index in [0.717, 1.165) is 11.1 Å². The lowest BCUT2D eigenvalue weighted by Gasteiger charge is -2.20. The van der Waals surface area contributed by atoms with Crippen LogP contribution in [0.25, 0.3) is 16.0 Å². The fraction of sp³-hybridized carbons (Fsp3) is 0.429. The van der Waals surface area contributed by atoms with Gasteiger partial charge in [0.25, 0.3) is 0 Å². The molecule has 0 N–H and O–H groups in total. The molecule has 0 amide bonds. The van der Waals surface area contributed by atoms with Gasteiger partial charge in [0.05, 0.1) is 23.7 Å². The first-order valence-electron chi connectivity index (χ1n) is 6.63. The molecule has 0 saturated carbocycles. The molecular weight excluding hydrogens is 309 g/mol. The highest BCUT2D eigenvalue weighted by atomic mass is 32.2. The Morgan fingerprint density at radius 3 is 2.55 bits per heavy atom. The Morgan fingerprint density at radius 2 is 2.09 bits per heavy atom. The number of rotatable bonds is 6. The van der Waals surface area contributed by atoms with E-state index in [4.69, 9.17) is 10.3 Å². The predicted molar refractivity (Wildman–Crippen MR) is 81.7 cm³/mol. The van der Waals surface area contributed by atoms with E-state index in [2.05, 4.69) is 10.0 Å². The van der Waals surface area contributed by atoms with Crippen molar-refractivity contribution in [2.24, 2.45) is 5.11 Å². The van der Waals surface area contributed by atoms with E-state index in [1.54, 1.807) is 30.3 Å². The van der Waals surface area contributed by atoms with Gasteiger partial charge in [-0.15, -0.1) is 0 Å². The van der Waals surface area contributed by atoms with E-state index in [-0.39, 0.29) is 11.5 Å². The highest BCUT2D eigenvalue weighted by molar-refractivity contribution is 7.92. The Bertz CT molecular complexity index is 709. The van der Waals surface area contributed by atoms with Crippen LogP contribution in [0.2, 0.25) is 0 Å². The van der Waals surface area contributed by atoms with Crippen LogP contribution in [0.15, 0.2) is 35.5 Å². The number of nitrogens with zero attached hydrogens (tertiary/aromatic N) is 3. The van der Waals surface area contributed by atoms with Crippen LogP contribution in [-0.4, -0.2) is 39.7 Å². The summed E-state index contributed by atoms with van der Waals surface area (Å²) in [4.78, 5) is 2.63. The molecule has 0 unspecified atom stereocenters. The van der Waals surface area contributed by atoms with Crippen molar-refractivity contribution < 1.29 is 17.5 Å². The molecule has 1 heterocycles. The molecule has 22 heavy (non-hydrogen) atoms. The van der Waals surface area contributed by atoms with E-state index in [1.165, 1.54) is 7.11 Å². The lowest BCUT2D eigenvalue weighted by molar-refractivity contribution is 0.0722. The summed E-state index contributed by atoms with van der Waals surface area (Å²) in [5, 5.41) is 3.40. The summed E-state index contributed by atoms with van der Waals surface area (Å²) < 4.78 is 41.1. The highest BCUT2D eigenvalue weighted by Gasteiger charge is 2.23. The molecule has 2 atom stereocenters. The third-order valence-corrected chi connectivity index (χ3v) is 4.96. The minimum absolute atomic E-state index is 0.0336. The van der Waals surface area contributed by atoms with Gasteiger partial charge in [-0.2, -0.15) is 0 Å². The molecule has 0 spiro atoms. The second-order valence-corrected chi connectivity index (χ2v) is 7.10. The van der Waals surface area contributed by atoms with Crippen LogP contribution >= 0.6 is 0 Å². The fourth-order valence-electron chi connectivity index (χ4n) is 2.42. The highest BCUT2D eigenvalue weighted by Crippen LogP contribution is 2.27. The molecular formula is C14H16FN3O3S. The van der Waals surface area contributed by atoms with Crippen molar-refractivity contribution in [2.45, 2.75) is 12.1 Å². The van der Waals surface area contributed by atoms with Crippen molar-refractivity contribution in [2.75, 3.05) is 25.3 Å². The number of azide groups is 1. The maximum atomic E-state index is 13.0. The molecule has 0 aliphatic carbocycles. The molecule has 0 fully saturated rings. The Morgan fingerprint density at radius 1 is 1.41 bits per heavy atom. The first kappa shape index (κ1) is 16.5. The monoisotopic (exact) mass is 325 g/mol. The normalized spacial score (nSPS) is 19.1. The van der Waals surface area contributed by atoms with E-state index < -0.39 is 28.7 Å². The Balaban J connectivity index is 2.22. The van der Waals surface area contributed by atoms with Crippen LogP contribution in [0.4, 0.5) is 4.39 Å². The summed E-state index contributed by atoms with van der Waals surface area (Å²) in [7, 11) is -1.60. The fourth-order valence-corrected chi connectivity index (χ4v) is 3.76. The van der Waals surface area contributed by atoms with Gasteiger partial charge in [-0.1, -0.05) is 35.5 Å². The molecule has 0 bridgehead atoms. The molecule has 2 rings (SSSR count). The molecule has 1 aliphatic rings. The Kier molecular flexibility index (Phi) is 5.18. The molecule has 6 nitrogen and oxygen atoms in total. The average molecular weight is 325 g/mol. The minimum atomic E-state index is -3.02. The van der Waals surface area contributed by atoms with Gasteiger partial charge in [0.15, 0.2) is 9.84 Å². The molecule has 1 aromatic carbocycles. The summed E-state index contributed by atoms with van der Waals surface area (Å²) in [6.07, 6.45) is 1.01. The molecule has 1 aromatic rings. The van der Waals surface area contributed by atoms with Crippen LogP contribution in [0, 0.1) is 0 Å². The summed E-state index contributed by atoms with van der Waals surface area (Å²) in [6, 6.07) is 6.04. The van der Waals surface area contributed by atoms with Gasteiger partial charge >= 0.3 is 0 Å². The van der Waals surface area contributed by atoms with E-state index in [9.17, 15) is 12.8 Å². The minimum Gasteiger partial charge on any atom is -0.376 e. The van der Waals surface area contributed by atoms with Crippen molar-refractivity contribution in [1.29, 1.82) is 0 Å². The Labute approximate surface area is 128 Å². The second kappa shape index (κ2) is 6.91. The average Bonchev–Trinajstić information content (AvgIpc) is 2.88. The van der Waals surface area contributed by atoms with Crippen LogP contribution in [0.5, 0.6) is 0 Å². The smallest absolute Gasteiger partial charge is 0.158 e. The maximum Gasteiger partial charge on any atom is 0.158 e. The molecule has 1 aliphatic heterocycles. The van der Waals surface area contributed by atoms with Crippen LogP contribution in [0.3, 0.4) is 0 Å². The van der Waals surface area contributed by atoms with Gasteiger partial charge in [0.1, 0.15) is 6.67 Å². The SMILES string of the molecule is CO[C@H](c1ccc(C2=CCS(=O)(=O)C2)cc1)[C@@H](CF)N=[N+]=[N-]. The van der Waals surface area contributed by atoms with Gasteiger partial charge in [-0.3, -0.25) is 4.39 Å².